The first-order valence-electron chi connectivity index (χ1n) is 9.17. The van der Waals surface area contributed by atoms with Gasteiger partial charge in [0.25, 0.3) is 5.56 Å². The molecule has 1 aliphatic heterocycles. The van der Waals surface area contributed by atoms with E-state index in [0.29, 0.717) is 18.6 Å². The lowest BCUT2D eigenvalue weighted by atomic mass is 10.1. The molecule has 0 aliphatic carbocycles. The minimum absolute atomic E-state index is 0.0301. The van der Waals surface area contributed by atoms with Gasteiger partial charge in [0.1, 0.15) is 18.4 Å². The Bertz CT molecular complexity index is 1040. The largest absolute Gasteiger partial charge is 0.365 e. The van der Waals surface area contributed by atoms with E-state index < -0.39 is 0 Å². The molecule has 1 aromatic carbocycles. The van der Waals surface area contributed by atoms with Crippen molar-refractivity contribution in [1.29, 1.82) is 0 Å². The maximum Gasteiger partial charge on any atom is 0.291 e. The van der Waals surface area contributed by atoms with Gasteiger partial charge in [-0.25, -0.2) is 4.68 Å². The molecule has 2 aromatic heterocycles. The van der Waals surface area contributed by atoms with Gasteiger partial charge in [-0.05, 0) is 43.7 Å². The number of amides is 1. The summed E-state index contributed by atoms with van der Waals surface area (Å²) >= 11 is 0. The number of aryl methyl sites for hydroxylation is 1. The van der Waals surface area contributed by atoms with E-state index >= 15 is 0 Å². The number of benzene rings is 1. The predicted octanol–water partition coefficient (Wildman–Crippen LogP) is 1.54. The van der Waals surface area contributed by atoms with Crippen LogP contribution in [0.1, 0.15) is 12.5 Å². The second-order valence-electron chi connectivity index (χ2n) is 7.12. The number of nitrogens with zero attached hydrogens (tertiary/aromatic N) is 5. The molecule has 1 atom stereocenters. The number of rotatable bonds is 3. The van der Waals surface area contributed by atoms with Gasteiger partial charge in [-0.15, -0.1) is 0 Å². The van der Waals surface area contributed by atoms with Crippen LogP contribution in [0.25, 0.3) is 5.52 Å². The highest BCUT2D eigenvalue weighted by Gasteiger charge is 2.27. The van der Waals surface area contributed by atoms with Gasteiger partial charge in [0, 0.05) is 37.6 Å². The van der Waals surface area contributed by atoms with Gasteiger partial charge in [-0.3, -0.25) is 9.59 Å². The van der Waals surface area contributed by atoms with Gasteiger partial charge in [0.05, 0.1) is 0 Å². The van der Waals surface area contributed by atoms with Gasteiger partial charge in [0.15, 0.2) is 0 Å². The molecule has 1 amide bonds. The normalized spacial score (nSPS) is 17.5. The van der Waals surface area contributed by atoms with E-state index in [2.05, 4.69) is 48.1 Å². The molecule has 4 rings (SSSR count). The zero-order chi connectivity index (χ0) is 19.0. The maximum atomic E-state index is 12.7. The minimum atomic E-state index is -0.248. The van der Waals surface area contributed by atoms with Gasteiger partial charge >= 0.3 is 0 Å². The molecule has 7 nitrogen and oxygen atoms in total. The number of anilines is 1. The van der Waals surface area contributed by atoms with Crippen molar-refractivity contribution in [3.63, 3.8) is 0 Å². The number of piperazine rings is 1. The molecule has 1 aliphatic rings. The van der Waals surface area contributed by atoms with E-state index in [1.54, 1.807) is 29.1 Å². The average molecular weight is 365 g/mol. The average Bonchev–Trinajstić information content (AvgIpc) is 3.13. The number of fused-ring (bicyclic) bond motifs is 1. The quantitative estimate of drug-likeness (QED) is 0.706. The minimum Gasteiger partial charge on any atom is -0.365 e. The molecular weight excluding hydrogens is 342 g/mol. The fourth-order valence-corrected chi connectivity index (χ4v) is 3.69. The van der Waals surface area contributed by atoms with Crippen molar-refractivity contribution in [2.24, 2.45) is 0 Å². The Kier molecular flexibility index (Phi) is 4.43. The summed E-state index contributed by atoms with van der Waals surface area (Å²) in [6.45, 7) is 6.22. The van der Waals surface area contributed by atoms with Crippen LogP contribution < -0.4 is 10.5 Å². The van der Waals surface area contributed by atoms with Crippen LogP contribution in [0, 0.1) is 6.92 Å². The fourth-order valence-electron chi connectivity index (χ4n) is 3.69. The Morgan fingerprint density at radius 3 is 2.85 bits per heavy atom. The lowest BCUT2D eigenvalue weighted by Gasteiger charge is -2.41. The van der Waals surface area contributed by atoms with Gasteiger partial charge in [-0.1, -0.05) is 12.1 Å². The molecular formula is C20H23N5O2. The van der Waals surface area contributed by atoms with Gasteiger partial charge < -0.3 is 14.2 Å². The maximum absolute atomic E-state index is 12.7. The van der Waals surface area contributed by atoms with Crippen molar-refractivity contribution < 1.29 is 4.79 Å². The first kappa shape index (κ1) is 17.3. The highest BCUT2D eigenvalue weighted by atomic mass is 16.2. The van der Waals surface area contributed by atoms with Crippen LogP contribution in [0.3, 0.4) is 0 Å². The lowest BCUT2D eigenvalue weighted by molar-refractivity contribution is -0.132. The van der Waals surface area contributed by atoms with Crippen molar-refractivity contribution in [2.45, 2.75) is 26.4 Å². The Hall–Kier alpha value is -3.09. The first-order chi connectivity index (χ1) is 13.0. The predicted molar refractivity (Wildman–Crippen MR) is 104 cm³/mol. The van der Waals surface area contributed by atoms with Crippen LogP contribution in [0.5, 0.6) is 0 Å². The van der Waals surface area contributed by atoms with Crippen molar-refractivity contribution >= 4 is 17.1 Å². The monoisotopic (exact) mass is 365 g/mol. The van der Waals surface area contributed by atoms with Crippen LogP contribution in [-0.4, -0.2) is 50.7 Å². The Balaban J connectivity index is 1.46. The standard InChI is InChI=1S/C20H23N5O2/c1-15-5-3-6-17(11-15)24-10-9-22(12-16(24)2)19(26)13-25-20(27)18-7-4-8-23(18)14-21-25/h3-8,11,14,16H,9-10,12-13H2,1-2H3/t16-/m1/s1. The summed E-state index contributed by atoms with van der Waals surface area (Å²) in [5, 5.41) is 4.11. The van der Waals surface area contributed by atoms with E-state index in [9.17, 15) is 9.59 Å². The first-order valence-corrected chi connectivity index (χ1v) is 9.17. The number of hydrogen-bond acceptors (Lipinski definition) is 4. The fraction of sp³-hybridized carbons (Fsp3) is 0.350. The lowest BCUT2D eigenvalue weighted by Crippen LogP contribution is -2.54. The van der Waals surface area contributed by atoms with E-state index in [1.807, 2.05) is 4.90 Å². The summed E-state index contributed by atoms with van der Waals surface area (Å²) in [7, 11) is 0. The summed E-state index contributed by atoms with van der Waals surface area (Å²) in [4.78, 5) is 29.3. The van der Waals surface area contributed by atoms with Crippen molar-refractivity contribution in [1.82, 2.24) is 19.1 Å². The number of carbonyl (C=O) groups is 1. The van der Waals surface area contributed by atoms with Crippen molar-refractivity contribution in [2.75, 3.05) is 24.5 Å². The Morgan fingerprint density at radius 1 is 1.22 bits per heavy atom. The SMILES string of the molecule is Cc1cccc(N2CCN(C(=O)Cn3ncn4cccc4c3=O)C[C@H]2C)c1. The molecule has 7 heteroatoms. The highest BCUT2D eigenvalue weighted by Crippen LogP contribution is 2.21. The molecule has 0 unspecified atom stereocenters. The summed E-state index contributed by atoms with van der Waals surface area (Å²) in [6.07, 6.45) is 3.32. The number of aromatic nitrogens is 3. The molecule has 0 spiro atoms. The number of hydrogen-bond donors (Lipinski definition) is 0. The van der Waals surface area contributed by atoms with Crippen molar-refractivity contribution in [3.8, 4) is 0 Å². The van der Waals surface area contributed by atoms with Gasteiger partial charge in [0.2, 0.25) is 5.91 Å². The molecule has 140 valence electrons. The second-order valence-corrected chi connectivity index (χ2v) is 7.12. The molecule has 3 heterocycles. The summed E-state index contributed by atoms with van der Waals surface area (Å²) in [6, 6.07) is 12.2. The van der Waals surface area contributed by atoms with E-state index in [1.165, 1.54) is 15.9 Å². The van der Waals surface area contributed by atoms with Crippen molar-refractivity contribution in [3.05, 3.63) is 64.8 Å². The van der Waals surface area contributed by atoms with Crippen LogP contribution in [0.2, 0.25) is 0 Å². The third-order valence-corrected chi connectivity index (χ3v) is 5.15. The molecule has 0 saturated carbocycles. The topological polar surface area (TPSA) is 62.9 Å². The zero-order valence-electron chi connectivity index (χ0n) is 15.6. The Morgan fingerprint density at radius 2 is 2.07 bits per heavy atom. The van der Waals surface area contributed by atoms with E-state index in [4.69, 9.17) is 0 Å². The Labute approximate surface area is 157 Å². The molecule has 1 saturated heterocycles. The molecule has 1 fully saturated rings. The number of carbonyl (C=O) groups excluding carboxylic acids is 1. The smallest absolute Gasteiger partial charge is 0.291 e. The third-order valence-electron chi connectivity index (χ3n) is 5.15. The molecule has 3 aromatic rings. The summed E-state index contributed by atoms with van der Waals surface area (Å²) in [5.41, 5.74) is 2.69. The molecule has 0 bridgehead atoms. The van der Waals surface area contributed by atoms with E-state index in [0.717, 1.165) is 6.54 Å². The molecule has 0 N–H and O–H groups in total. The zero-order valence-corrected chi connectivity index (χ0v) is 15.6. The summed E-state index contributed by atoms with van der Waals surface area (Å²) in [5.74, 6) is -0.0729. The van der Waals surface area contributed by atoms with Crippen LogP contribution in [0.4, 0.5) is 5.69 Å². The molecule has 27 heavy (non-hydrogen) atoms. The van der Waals surface area contributed by atoms with Crippen LogP contribution in [0.15, 0.2) is 53.7 Å². The van der Waals surface area contributed by atoms with E-state index in [-0.39, 0.29) is 24.1 Å². The highest BCUT2D eigenvalue weighted by molar-refractivity contribution is 5.76. The van der Waals surface area contributed by atoms with Gasteiger partial charge in [-0.2, -0.15) is 5.10 Å². The van der Waals surface area contributed by atoms with Crippen LogP contribution in [-0.2, 0) is 11.3 Å². The molecule has 0 radical (unpaired) electrons. The second kappa shape index (κ2) is 6.90. The van der Waals surface area contributed by atoms with Crippen LogP contribution >= 0.6 is 0 Å². The third kappa shape index (κ3) is 3.32. The summed E-state index contributed by atoms with van der Waals surface area (Å²) < 4.78 is 2.90.